The fourth-order valence-corrected chi connectivity index (χ4v) is 1.45. The van der Waals surface area contributed by atoms with Gasteiger partial charge in [-0.15, -0.1) is 0 Å². The third kappa shape index (κ3) is 4.73. The van der Waals surface area contributed by atoms with Gasteiger partial charge in [0.1, 0.15) is 5.75 Å². The van der Waals surface area contributed by atoms with Gasteiger partial charge in [-0.3, -0.25) is 4.79 Å². The molecular weight excluding hydrogens is 232 g/mol. The molecular formula is C13H20N2O3. The summed E-state index contributed by atoms with van der Waals surface area (Å²) in [5, 5.41) is 2.77. The van der Waals surface area contributed by atoms with Crippen molar-refractivity contribution >= 4 is 5.91 Å². The number of rotatable bonds is 8. The summed E-state index contributed by atoms with van der Waals surface area (Å²) in [5.74, 6) is 0.441. The molecule has 0 aliphatic carbocycles. The molecule has 18 heavy (non-hydrogen) atoms. The lowest BCUT2D eigenvalue weighted by Gasteiger charge is -2.10. The van der Waals surface area contributed by atoms with Gasteiger partial charge in [-0.25, -0.2) is 0 Å². The van der Waals surface area contributed by atoms with Gasteiger partial charge in [0.15, 0.2) is 0 Å². The molecule has 5 nitrogen and oxygen atoms in total. The Balaban J connectivity index is 2.45. The maximum Gasteiger partial charge on any atom is 0.255 e. The van der Waals surface area contributed by atoms with Crippen LogP contribution in [0.2, 0.25) is 0 Å². The first-order chi connectivity index (χ1) is 8.79. The Morgan fingerprint density at radius 1 is 1.33 bits per heavy atom. The zero-order valence-corrected chi connectivity index (χ0v) is 10.6. The van der Waals surface area contributed by atoms with Crippen LogP contribution < -0.4 is 15.8 Å². The molecule has 3 N–H and O–H groups in total. The average molecular weight is 252 g/mol. The average Bonchev–Trinajstić information content (AvgIpc) is 2.39. The van der Waals surface area contributed by atoms with Crippen LogP contribution in [0.4, 0.5) is 0 Å². The van der Waals surface area contributed by atoms with Crippen molar-refractivity contribution < 1.29 is 14.3 Å². The normalized spacial score (nSPS) is 10.1. The van der Waals surface area contributed by atoms with Crippen LogP contribution in [0, 0.1) is 0 Å². The lowest BCUT2D eigenvalue weighted by atomic mass is 10.2. The minimum absolute atomic E-state index is 0.157. The van der Waals surface area contributed by atoms with Crippen LogP contribution in [-0.2, 0) is 4.74 Å². The highest BCUT2D eigenvalue weighted by atomic mass is 16.5. The van der Waals surface area contributed by atoms with E-state index in [4.69, 9.17) is 15.2 Å². The van der Waals surface area contributed by atoms with Crippen LogP contribution >= 0.6 is 0 Å². The fourth-order valence-electron chi connectivity index (χ4n) is 1.45. The van der Waals surface area contributed by atoms with Gasteiger partial charge in [0.25, 0.3) is 5.91 Å². The lowest BCUT2D eigenvalue weighted by molar-refractivity contribution is 0.0916. The zero-order chi connectivity index (χ0) is 13.2. The van der Waals surface area contributed by atoms with Gasteiger partial charge in [-0.2, -0.15) is 0 Å². The van der Waals surface area contributed by atoms with E-state index in [0.29, 0.717) is 44.2 Å². The number of nitrogens with one attached hydrogen (secondary N) is 1. The summed E-state index contributed by atoms with van der Waals surface area (Å²) in [6, 6.07) is 7.17. The lowest BCUT2D eigenvalue weighted by Crippen LogP contribution is -2.28. The van der Waals surface area contributed by atoms with Gasteiger partial charge in [-0.05, 0) is 19.1 Å². The van der Waals surface area contributed by atoms with E-state index in [9.17, 15) is 4.79 Å². The van der Waals surface area contributed by atoms with Gasteiger partial charge >= 0.3 is 0 Å². The molecule has 0 saturated heterocycles. The monoisotopic (exact) mass is 252 g/mol. The standard InChI is InChI=1S/C13H20N2O3/c1-2-18-12-6-4-3-5-11(12)13(16)15-8-10-17-9-7-14/h3-6H,2,7-10,14H2,1H3,(H,15,16). The second-order valence-electron chi connectivity index (χ2n) is 3.59. The first kappa shape index (κ1) is 14.5. The van der Waals surface area contributed by atoms with Crippen molar-refractivity contribution in [3.8, 4) is 5.75 Å². The molecule has 0 aliphatic rings. The third-order valence-electron chi connectivity index (χ3n) is 2.23. The van der Waals surface area contributed by atoms with E-state index in [2.05, 4.69) is 5.32 Å². The molecule has 1 aromatic carbocycles. The SMILES string of the molecule is CCOc1ccccc1C(=O)NCCOCCN. The predicted molar refractivity (Wildman–Crippen MR) is 69.8 cm³/mol. The number of benzene rings is 1. The quantitative estimate of drug-likeness (QED) is 0.671. The summed E-state index contributed by atoms with van der Waals surface area (Å²) in [4.78, 5) is 11.9. The van der Waals surface area contributed by atoms with Crippen molar-refractivity contribution in [1.29, 1.82) is 0 Å². The van der Waals surface area contributed by atoms with Gasteiger partial charge in [0, 0.05) is 13.1 Å². The van der Waals surface area contributed by atoms with Crippen molar-refractivity contribution in [2.45, 2.75) is 6.92 Å². The summed E-state index contributed by atoms with van der Waals surface area (Å²) in [6.45, 7) is 4.32. The van der Waals surface area contributed by atoms with Crippen molar-refractivity contribution in [2.24, 2.45) is 5.73 Å². The molecule has 0 fully saturated rings. The highest BCUT2D eigenvalue weighted by Gasteiger charge is 2.10. The number of ether oxygens (including phenoxy) is 2. The second kappa shape index (κ2) is 8.49. The Hall–Kier alpha value is -1.59. The smallest absolute Gasteiger partial charge is 0.255 e. The number of nitrogens with two attached hydrogens (primary N) is 1. The summed E-state index contributed by atoms with van der Waals surface area (Å²) in [6.07, 6.45) is 0. The number of hydrogen-bond acceptors (Lipinski definition) is 4. The number of amides is 1. The molecule has 1 rings (SSSR count). The van der Waals surface area contributed by atoms with E-state index >= 15 is 0 Å². The second-order valence-corrected chi connectivity index (χ2v) is 3.59. The number of carbonyl (C=O) groups is 1. The fraction of sp³-hybridized carbons (Fsp3) is 0.462. The van der Waals surface area contributed by atoms with Crippen LogP contribution in [0.15, 0.2) is 24.3 Å². The van der Waals surface area contributed by atoms with Crippen LogP contribution in [-0.4, -0.2) is 38.8 Å². The predicted octanol–water partition coefficient (Wildman–Crippen LogP) is 0.790. The van der Waals surface area contributed by atoms with E-state index in [1.807, 2.05) is 19.1 Å². The molecule has 100 valence electrons. The van der Waals surface area contributed by atoms with Crippen molar-refractivity contribution in [3.63, 3.8) is 0 Å². The molecule has 0 spiro atoms. The molecule has 0 heterocycles. The Morgan fingerprint density at radius 2 is 2.11 bits per heavy atom. The molecule has 0 aliphatic heterocycles. The topological polar surface area (TPSA) is 73.6 Å². The molecule has 0 atom stereocenters. The molecule has 0 unspecified atom stereocenters. The zero-order valence-electron chi connectivity index (χ0n) is 10.6. The molecule has 0 radical (unpaired) electrons. The van der Waals surface area contributed by atoms with Crippen molar-refractivity contribution in [1.82, 2.24) is 5.32 Å². The van der Waals surface area contributed by atoms with E-state index in [-0.39, 0.29) is 5.91 Å². The van der Waals surface area contributed by atoms with Gasteiger partial charge < -0.3 is 20.5 Å². The van der Waals surface area contributed by atoms with Crippen LogP contribution in [0.25, 0.3) is 0 Å². The largest absolute Gasteiger partial charge is 0.493 e. The Bertz CT molecular complexity index is 369. The number of carbonyl (C=O) groups excluding carboxylic acids is 1. The highest BCUT2D eigenvalue weighted by molar-refractivity contribution is 5.96. The maximum atomic E-state index is 11.9. The highest BCUT2D eigenvalue weighted by Crippen LogP contribution is 2.17. The Labute approximate surface area is 107 Å². The summed E-state index contributed by atoms with van der Waals surface area (Å²) < 4.78 is 10.6. The van der Waals surface area contributed by atoms with E-state index in [1.54, 1.807) is 12.1 Å². The minimum Gasteiger partial charge on any atom is -0.493 e. The number of hydrogen-bond donors (Lipinski definition) is 2. The summed E-state index contributed by atoms with van der Waals surface area (Å²) >= 11 is 0. The van der Waals surface area contributed by atoms with Crippen molar-refractivity contribution in [3.05, 3.63) is 29.8 Å². The van der Waals surface area contributed by atoms with Gasteiger partial charge in [0.2, 0.25) is 0 Å². The van der Waals surface area contributed by atoms with Crippen LogP contribution in [0.1, 0.15) is 17.3 Å². The van der Waals surface area contributed by atoms with Crippen LogP contribution in [0.3, 0.4) is 0 Å². The molecule has 0 saturated carbocycles. The molecule has 0 bridgehead atoms. The van der Waals surface area contributed by atoms with Crippen molar-refractivity contribution in [2.75, 3.05) is 32.9 Å². The minimum atomic E-state index is -0.157. The van der Waals surface area contributed by atoms with E-state index in [1.165, 1.54) is 0 Å². The number of para-hydroxylation sites is 1. The molecule has 0 aromatic heterocycles. The van der Waals surface area contributed by atoms with E-state index < -0.39 is 0 Å². The van der Waals surface area contributed by atoms with Gasteiger partial charge in [-0.1, -0.05) is 12.1 Å². The maximum absolute atomic E-state index is 11.9. The molecule has 1 amide bonds. The third-order valence-corrected chi connectivity index (χ3v) is 2.23. The summed E-state index contributed by atoms with van der Waals surface area (Å²) in [7, 11) is 0. The first-order valence-corrected chi connectivity index (χ1v) is 6.07. The van der Waals surface area contributed by atoms with Crippen LogP contribution in [0.5, 0.6) is 5.75 Å². The summed E-state index contributed by atoms with van der Waals surface area (Å²) in [5.41, 5.74) is 5.83. The molecule has 1 aromatic rings. The molecule has 5 heteroatoms. The Kier molecular flexibility index (Phi) is 6.83. The van der Waals surface area contributed by atoms with Gasteiger partial charge in [0.05, 0.1) is 25.4 Å². The van der Waals surface area contributed by atoms with E-state index in [0.717, 1.165) is 0 Å². The Morgan fingerprint density at radius 3 is 2.83 bits per heavy atom. The first-order valence-electron chi connectivity index (χ1n) is 6.07.